The second-order valence-corrected chi connectivity index (χ2v) is 5.80. The SMILES string of the molecule is Cl.Clc1nc2ccccc2nc1OCCCC1CCCCN1. The summed E-state index contributed by atoms with van der Waals surface area (Å²) < 4.78 is 5.70. The van der Waals surface area contributed by atoms with Crippen molar-refractivity contribution in [1.29, 1.82) is 0 Å². The molecule has 1 aliphatic heterocycles. The molecule has 1 saturated heterocycles. The Balaban J connectivity index is 0.00000176. The van der Waals surface area contributed by atoms with Crippen LogP contribution in [0.4, 0.5) is 0 Å². The van der Waals surface area contributed by atoms with Crippen LogP contribution in [0.3, 0.4) is 0 Å². The number of aromatic nitrogens is 2. The van der Waals surface area contributed by atoms with Crippen molar-refractivity contribution in [3.8, 4) is 5.88 Å². The third kappa shape index (κ3) is 4.45. The second-order valence-electron chi connectivity index (χ2n) is 5.45. The highest BCUT2D eigenvalue weighted by Gasteiger charge is 2.12. The largest absolute Gasteiger partial charge is 0.475 e. The number of piperidine rings is 1. The first kappa shape index (κ1) is 17.3. The Morgan fingerprint density at radius 2 is 1.95 bits per heavy atom. The fourth-order valence-corrected chi connectivity index (χ4v) is 2.91. The summed E-state index contributed by atoms with van der Waals surface area (Å²) in [5, 5.41) is 3.88. The lowest BCUT2D eigenvalue weighted by atomic mass is 10.0. The summed E-state index contributed by atoms with van der Waals surface area (Å²) in [5.41, 5.74) is 1.60. The van der Waals surface area contributed by atoms with E-state index in [0.717, 1.165) is 30.4 Å². The molecule has 1 atom stereocenters. The van der Waals surface area contributed by atoms with Gasteiger partial charge in [-0.3, -0.25) is 0 Å². The molecule has 0 spiro atoms. The number of hydrogen-bond acceptors (Lipinski definition) is 4. The lowest BCUT2D eigenvalue weighted by molar-refractivity contribution is 0.277. The number of hydrogen-bond donors (Lipinski definition) is 1. The summed E-state index contributed by atoms with van der Waals surface area (Å²) in [6, 6.07) is 8.30. The fourth-order valence-electron chi connectivity index (χ4n) is 2.72. The Kier molecular flexibility index (Phi) is 6.68. The molecule has 0 amide bonds. The van der Waals surface area contributed by atoms with Gasteiger partial charge in [0.05, 0.1) is 17.6 Å². The van der Waals surface area contributed by atoms with Gasteiger partial charge in [-0.1, -0.05) is 30.2 Å². The molecule has 1 aliphatic rings. The fraction of sp³-hybridized carbons (Fsp3) is 0.500. The first-order chi connectivity index (χ1) is 10.3. The minimum absolute atomic E-state index is 0. The van der Waals surface area contributed by atoms with Gasteiger partial charge in [0.1, 0.15) is 0 Å². The number of benzene rings is 1. The average Bonchev–Trinajstić information content (AvgIpc) is 2.53. The maximum Gasteiger partial charge on any atom is 0.252 e. The third-order valence-electron chi connectivity index (χ3n) is 3.85. The molecular weight excluding hydrogens is 321 g/mol. The van der Waals surface area contributed by atoms with Gasteiger partial charge in [-0.15, -0.1) is 12.4 Å². The number of ether oxygens (including phenoxy) is 1. The van der Waals surface area contributed by atoms with Gasteiger partial charge < -0.3 is 10.1 Å². The van der Waals surface area contributed by atoms with E-state index in [1.54, 1.807) is 0 Å². The lowest BCUT2D eigenvalue weighted by Gasteiger charge is -2.23. The zero-order valence-corrected chi connectivity index (χ0v) is 14.0. The molecule has 4 nitrogen and oxygen atoms in total. The third-order valence-corrected chi connectivity index (χ3v) is 4.09. The summed E-state index contributed by atoms with van der Waals surface area (Å²) in [5.74, 6) is 0.437. The molecule has 0 saturated carbocycles. The van der Waals surface area contributed by atoms with Gasteiger partial charge in [0.15, 0.2) is 5.15 Å². The first-order valence-corrected chi connectivity index (χ1v) is 7.99. The zero-order chi connectivity index (χ0) is 14.5. The van der Waals surface area contributed by atoms with Gasteiger partial charge in [-0.05, 0) is 44.4 Å². The van der Waals surface area contributed by atoms with Crippen molar-refractivity contribution < 1.29 is 4.74 Å². The van der Waals surface area contributed by atoms with Crippen molar-refractivity contribution in [2.75, 3.05) is 13.2 Å². The molecule has 3 rings (SSSR count). The van der Waals surface area contributed by atoms with E-state index in [0.29, 0.717) is 23.7 Å². The number of halogens is 2. The minimum atomic E-state index is 0. The van der Waals surface area contributed by atoms with Crippen LogP contribution in [0.2, 0.25) is 5.15 Å². The highest BCUT2D eigenvalue weighted by atomic mass is 35.5. The molecule has 2 heterocycles. The van der Waals surface area contributed by atoms with Crippen LogP contribution in [0.25, 0.3) is 11.0 Å². The van der Waals surface area contributed by atoms with Gasteiger partial charge in [0.2, 0.25) is 0 Å². The molecule has 1 unspecified atom stereocenters. The van der Waals surface area contributed by atoms with E-state index < -0.39 is 0 Å². The molecule has 0 radical (unpaired) electrons. The monoisotopic (exact) mass is 341 g/mol. The van der Waals surface area contributed by atoms with Crippen LogP contribution >= 0.6 is 24.0 Å². The molecule has 0 bridgehead atoms. The molecule has 2 aromatic rings. The average molecular weight is 342 g/mol. The highest BCUT2D eigenvalue weighted by Crippen LogP contribution is 2.23. The lowest BCUT2D eigenvalue weighted by Crippen LogP contribution is -2.34. The molecule has 22 heavy (non-hydrogen) atoms. The van der Waals surface area contributed by atoms with E-state index in [2.05, 4.69) is 15.3 Å². The van der Waals surface area contributed by atoms with Gasteiger partial charge in [-0.2, -0.15) is 0 Å². The predicted octanol–water partition coefficient (Wildman–Crippen LogP) is 4.01. The van der Waals surface area contributed by atoms with Gasteiger partial charge in [0, 0.05) is 6.04 Å². The van der Waals surface area contributed by atoms with Crippen LogP contribution in [0, 0.1) is 0 Å². The highest BCUT2D eigenvalue weighted by molar-refractivity contribution is 6.31. The Morgan fingerprint density at radius 1 is 1.18 bits per heavy atom. The van der Waals surface area contributed by atoms with Crippen molar-refractivity contribution in [1.82, 2.24) is 15.3 Å². The predicted molar refractivity (Wildman–Crippen MR) is 92.2 cm³/mol. The Labute approximate surface area is 142 Å². The molecule has 1 fully saturated rings. The van der Waals surface area contributed by atoms with Crippen LogP contribution in [-0.2, 0) is 0 Å². The summed E-state index contributed by atoms with van der Waals surface area (Å²) in [7, 11) is 0. The van der Waals surface area contributed by atoms with Crippen LogP contribution in [0.15, 0.2) is 24.3 Å². The number of nitrogens with zero attached hydrogens (tertiary/aromatic N) is 2. The van der Waals surface area contributed by atoms with E-state index in [1.165, 1.54) is 19.3 Å². The molecule has 1 aromatic heterocycles. The number of nitrogens with one attached hydrogen (secondary N) is 1. The van der Waals surface area contributed by atoms with E-state index in [4.69, 9.17) is 16.3 Å². The molecule has 1 N–H and O–H groups in total. The number of rotatable bonds is 5. The van der Waals surface area contributed by atoms with Gasteiger partial charge >= 0.3 is 0 Å². The summed E-state index contributed by atoms with van der Waals surface area (Å²) in [6.07, 6.45) is 6.05. The minimum Gasteiger partial charge on any atom is -0.475 e. The molecule has 6 heteroatoms. The summed E-state index contributed by atoms with van der Waals surface area (Å²) in [6.45, 7) is 1.78. The van der Waals surface area contributed by atoms with E-state index in [1.807, 2.05) is 24.3 Å². The second kappa shape index (κ2) is 8.51. The van der Waals surface area contributed by atoms with Crippen LogP contribution < -0.4 is 10.1 Å². The molecular formula is C16H21Cl2N3O. The maximum atomic E-state index is 6.12. The molecule has 1 aromatic carbocycles. The number of fused-ring (bicyclic) bond motifs is 1. The van der Waals surface area contributed by atoms with E-state index >= 15 is 0 Å². The van der Waals surface area contributed by atoms with Crippen LogP contribution in [0.5, 0.6) is 5.88 Å². The van der Waals surface area contributed by atoms with Crippen molar-refractivity contribution >= 4 is 35.0 Å². The van der Waals surface area contributed by atoms with Crippen molar-refractivity contribution in [2.45, 2.75) is 38.1 Å². The standard InChI is InChI=1S/C16H20ClN3O.ClH/c17-15-16(20-14-9-2-1-8-13(14)19-15)21-11-5-7-12-6-3-4-10-18-12;/h1-2,8-9,12,18H,3-7,10-11H2;1H. The van der Waals surface area contributed by atoms with Crippen molar-refractivity contribution in [3.05, 3.63) is 29.4 Å². The van der Waals surface area contributed by atoms with Crippen LogP contribution in [0.1, 0.15) is 32.1 Å². The van der Waals surface area contributed by atoms with Gasteiger partial charge in [0.25, 0.3) is 5.88 Å². The van der Waals surface area contributed by atoms with Crippen molar-refractivity contribution in [3.63, 3.8) is 0 Å². The van der Waals surface area contributed by atoms with Gasteiger partial charge in [-0.25, -0.2) is 9.97 Å². The quantitative estimate of drug-likeness (QED) is 0.834. The molecule has 120 valence electrons. The normalized spacial score (nSPS) is 18.0. The topological polar surface area (TPSA) is 47.0 Å². The molecule has 0 aliphatic carbocycles. The van der Waals surface area contributed by atoms with Crippen molar-refractivity contribution in [2.24, 2.45) is 0 Å². The van der Waals surface area contributed by atoms with Crippen LogP contribution in [-0.4, -0.2) is 29.2 Å². The summed E-state index contributed by atoms with van der Waals surface area (Å²) in [4.78, 5) is 8.74. The smallest absolute Gasteiger partial charge is 0.252 e. The Morgan fingerprint density at radius 3 is 2.68 bits per heavy atom. The van der Waals surface area contributed by atoms with E-state index in [9.17, 15) is 0 Å². The Bertz CT molecular complexity index is 603. The first-order valence-electron chi connectivity index (χ1n) is 7.61. The van der Waals surface area contributed by atoms with E-state index in [-0.39, 0.29) is 12.4 Å². The number of para-hydroxylation sites is 2. The summed E-state index contributed by atoms with van der Waals surface area (Å²) >= 11 is 6.12. The Hall–Kier alpha value is -1.10. The maximum absolute atomic E-state index is 6.12. The zero-order valence-electron chi connectivity index (χ0n) is 12.4.